The lowest BCUT2D eigenvalue weighted by Crippen LogP contribution is -2.47. The Balaban J connectivity index is 1.31. The number of anilines is 1. The van der Waals surface area contributed by atoms with E-state index >= 15 is 0 Å². The lowest BCUT2D eigenvalue weighted by molar-refractivity contribution is -0.0395. The van der Waals surface area contributed by atoms with Gasteiger partial charge >= 0.3 is 6.09 Å². The van der Waals surface area contributed by atoms with Gasteiger partial charge in [0.1, 0.15) is 35.7 Å². The summed E-state index contributed by atoms with van der Waals surface area (Å²) in [5, 5.41) is 3.59. The van der Waals surface area contributed by atoms with Gasteiger partial charge in [-0.2, -0.15) is 0 Å². The van der Waals surface area contributed by atoms with E-state index in [9.17, 15) is 4.79 Å². The number of nitrogens with two attached hydrogens (primary N) is 1. The van der Waals surface area contributed by atoms with E-state index in [0.717, 1.165) is 60.2 Å². The van der Waals surface area contributed by atoms with Gasteiger partial charge in [-0.05, 0) is 30.5 Å². The number of ether oxygens (including phenoxy) is 3. The molecule has 2 saturated heterocycles. The highest BCUT2D eigenvalue weighted by atomic mass is 16.6. The number of fused-ring (bicyclic) bond motifs is 1. The van der Waals surface area contributed by atoms with Crippen LogP contribution in [0.4, 0.5) is 10.6 Å². The van der Waals surface area contributed by atoms with Crippen LogP contribution in [0.15, 0.2) is 36.8 Å². The van der Waals surface area contributed by atoms with Gasteiger partial charge in [0.2, 0.25) is 0 Å². The van der Waals surface area contributed by atoms with Crippen molar-refractivity contribution in [3.8, 4) is 16.9 Å². The zero-order valence-corrected chi connectivity index (χ0v) is 17.6. The van der Waals surface area contributed by atoms with Gasteiger partial charge in [0, 0.05) is 37.3 Å². The first-order chi connectivity index (χ1) is 15.6. The minimum atomic E-state index is -0.410. The third kappa shape index (κ3) is 3.24. The average Bonchev–Trinajstić information content (AvgIpc) is 3.50. The number of hydrogen-bond acceptors (Lipinski definition) is 7. The number of nitrogen functional groups attached to an aromatic ring is 1. The molecule has 3 fully saturated rings. The van der Waals surface area contributed by atoms with Gasteiger partial charge in [0.25, 0.3) is 0 Å². The molecule has 3 aliphatic rings. The summed E-state index contributed by atoms with van der Waals surface area (Å²) in [5.41, 5.74) is 8.62. The molecular weight excluding hydrogens is 410 g/mol. The normalized spacial score (nSPS) is 26.8. The second-order valence-corrected chi connectivity index (χ2v) is 8.87. The molecule has 1 spiro atoms. The van der Waals surface area contributed by atoms with Crippen molar-refractivity contribution < 1.29 is 19.0 Å². The van der Waals surface area contributed by atoms with Crippen LogP contribution in [0.25, 0.3) is 22.2 Å². The highest BCUT2D eigenvalue weighted by molar-refractivity contribution is 6.00. The van der Waals surface area contributed by atoms with Crippen molar-refractivity contribution in [2.24, 2.45) is 0 Å². The largest absolute Gasteiger partial charge is 0.491 e. The summed E-state index contributed by atoms with van der Waals surface area (Å²) in [6.45, 7) is 1.91. The molecule has 1 aliphatic carbocycles. The number of rotatable bonds is 5. The average molecular weight is 435 g/mol. The standard InChI is InChI=1S/C23H25N5O4/c24-20-19-18(14-3-1-4-16(7-14)31-11-17-5-2-6-30-17)10-28(21(19)27-13-26-20)15-8-23(9-15)12-25-22(29)32-23/h1,3-4,7,10,13,15,17H,2,5-6,8-9,11-12H2,(H,25,29)(H2,24,26,27). The van der Waals surface area contributed by atoms with E-state index in [1.54, 1.807) is 0 Å². The molecule has 9 heteroatoms. The third-order valence-corrected chi connectivity index (χ3v) is 6.72. The third-order valence-electron chi connectivity index (χ3n) is 6.72. The van der Waals surface area contributed by atoms with Crippen molar-refractivity contribution in [2.45, 2.75) is 43.4 Å². The molecule has 2 aliphatic heterocycles. The molecule has 0 radical (unpaired) electrons. The monoisotopic (exact) mass is 435 g/mol. The van der Waals surface area contributed by atoms with Crippen molar-refractivity contribution in [3.63, 3.8) is 0 Å². The van der Waals surface area contributed by atoms with E-state index in [2.05, 4.69) is 26.0 Å². The minimum Gasteiger partial charge on any atom is -0.491 e. The molecule has 4 heterocycles. The van der Waals surface area contributed by atoms with Crippen LogP contribution < -0.4 is 15.8 Å². The number of amides is 1. The van der Waals surface area contributed by atoms with E-state index in [-0.39, 0.29) is 18.2 Å². The zero-order chi connectivity index (χ0) is 21.7. The molecule has 1 amide bonds. The smallest absolute Gasteiger partial charge is 0.407 e. The Morgan fingerprint density at radius 3 is 3.00 bits per heavy atom. The van der Waals surface area contributed by atoms with Crippen LogP contribution in [0.5, 0.6) is 5.75 Å². The second kappa shape index (κ2) is 7.37. The molecule has 1 aromatic carbocycles. The minimum absolute atomic E-state index is 0.162. The van der Waals surface area contributed by atoms with Crippen molar-refractivity contribution in [3.05, 3.63) is 36.8 Å². The van der Waals surface area contributed by atoms with Crippen LogP contribution in [0.2, 0.25) is 0 Å². The summed E-state index contributed by atoms with van der Waals surface area (Å²) >= 11 is 0. The summed E-state index contributed by atoms with van der Waals surface area (Å²) in [4.78, 5) is 20.3. The van der Waals surface area contributed by atoms with Crippen LogP contribution in [-0.4, -0.2) is 52.1 Å². The molecule has 1 atom stereocenters. The number of hydrogen-bond donors (Lipinski definition) is 2. The predicted molar refractivity (Wildman–Crippen MR) is 117 cm³/mol. The van der Waals surface area contributed by atoms with Gasteiger partial charge < -0.3 is 29.8 Å². The highest BCUT2D eigenvalue weighted by Crippen LogP contribution is 2.48. The van der Waals surface area contributed by atoms with Gasteiger partial charge in [0.15, 0.2) is 0 Å². The number of nitrogens with zero attached hydrogens (tertiary/aromatic N) is 3. The number of nitrogens with one attached hydrogen (secondary N) is 1. The first kappa shape index (κ1) is 19.4. The molecule has 0 bridgehead atoms. The predicted octanol–water partition coefficient (Wildman–Crippen LogP) is 3.05. The maximum Gasteiger partial charge on any atom is 0.407 e. The Hall–Kier alpha value is -3.33. The first-order valence-corrected chi connectivity index (χ1v) is 11.0. The summed E-state index contributed by atoms with van der Waals surface area (Å²) in [6, 6.07) is 8.16. The van der Waals surface area contributed by atoms with Gasteiger partial charge in [-0.1, -0.05) is 12.1 Å². The molecule has 2 aromatic heterocycles. The molecule has 3 aromatic rings. The van der Waals surface area contributed by atoms with Crippen LogP contribution in [-0.2, 0) is 9.47 Å². The Labute approximate surface area is 184 Å². The number of carbonyl (C=O) groups excluding carboxylic acids is 1. The SMILES string of the molecule is Nc1ncnc2c1c(-c1cccc(OCC3CCCO3)c1)cn2C1CC2(CNC(=O)O2)C1. The number of alkyl carbamates (subject to hydrolysis) is 1. The summed E-state index contributed by atoms with van der Waals surface area (Å²) in [5.74, 6) is 1.23. The molecule has 1 saturated carbocycles. The molecular formula is C23H25N5O4. The number of aromatic nitrogens is 3. The summed E-state index contributed by atoms with van der Waals surface area (Å²) in [7, 11) is 0. The highest BCUT2D eigenvalue weighted by Gasteiger charge is 2.52. The Morgan fingerprint density at radius 2 is 2.22 bits per heavy atom. The van der Waals surface area contributed by atoms with E-state index < -0.39 is 5.60 Å². The van der Waals surface area contributed by atoms with E-state index in [4.69, 9.17) is 19.9 Å². The fraction of sp³-hybridized carbons (Fsp3) is 0.435. The van der Waals surface area contributed by atoms with Crippen molar-refractivity contribution in [1.82, 2.24) is 19.9 Å². The molecule has 32 heavy (non-hydrogen) atoms. The maximum atomic E-state index is 11.5. The van der Waals surface area contributed by atoms with Gasteiger partial charge in [-0.25, -0.2) is 14.8 Å². The zero-order valence-electron chi connectivity index (χ0n) is 17.6. The second-order valence-electron chi connectivity index (χ2n) is 8.87. The molecule has 1 unspecified atom stereocenters. The Morgan fingerprint density at radius 1 is 1.31 bits per heavy atom. The lowest BCUT2D eigenvalue weighted by atomic mass is 9.75. The fourth-order valence-corrected chi connectivity index (χ4v) is 5.05. The lowest BCUT2D eigenvalue weighted by Gasteiger charge is -2.43. The maximum absolute atomic E-state index is 11.5. The van der Waals surface area contributed by atoms with Gasteiger partial charge in [-0.15, -0.1) is 0 Å². The van der Waals surface area contributed by atoms with Crippen molar-refractivity contribution in [1.29, 1.82) is 0 Å². The quantitative estimate of drug-likeness (QED) is 0.633. The van der Waals surface area contributed by atoms with E-state index in [1.807, 2.05) is 24.3 Å². The van der Waals surface area contributed by atoms with Gasteiger partial charge in [-0.3, -0.25) is 0 Å². The van der Waals surface area contributed by atoms with Crippen LogP contribution in [0, 0.1) is 0 Å². The fourth-order valence-electron chi connectivity index (χ4n) is 5.05. The van der Waals surface area contributed by atoms with Crippen molar-refractivity contribution in [2.75, 3.05) is 25.5 Å². The first-order valence-electron chi connectivity index (χ1n) is 11.0. The topological polar surface area (TPSA) is 114 Å². The number of benzene rings is 1. The molecule has 6 rings (SSSR count). The molecule has 3 N–H and O–H groups in total. The number of carbonyl (C=O) groups is 1. The van der Waals surface area contributed by atoms with E-state index in [0.29, 0.717) is 19.0 Å². The van der Waals surface area contributed by atoms with Crippen LogP contribution >= 0.6 is 0 Å². The Kier molecular flexibility index (Phi) is 4.46. The van der Waals surface area contributed by atoms with Crippen molar-refractivity contribution >= 4 is 22.9 Å². The Bertz CT molecular complexity index is 1180. The van der Waals surface area contributed by atoms with Gasteiger partial charge in [0.05, 0.1) is 18.0 Å². The summed E-state index contributed by atoms with van der Waals surface area (Å²) < 4.78 is 19.3. The van der Waals surface area contributed by atoms with Crippen LogP contribution in [0.1, 0.15) is 31.7 Å². The van der Waals surface area contributed by atoms with E-state index in [1.165, 1.54) is 6.33 Å². The van der Waals surface area contributed by atoms with Crippen LogP contribution in [0.3, 0.4) is 0 Å². The molecule has 166 valence electrons. The molecule has 9 nitrogen and oxygen atoms in total. The summed E-state index contributed by atoms with van der Waals surface area (Å²) in [6.07, 6.45) is 7.00.